The minimum atomic E-state index is 0.636. The molecule has 0 spiro atoms. The van der Waals surface area contributed by atoms with E-state index in [2.05, 4.69) is 27.4 Å². The van der Waals surface area contributed by atoms with Gasteiger partial charge >= 0.3 is 0 Å². The average Bonchev–Trinajstić information content (AvgIpc) is 3.17. The van der Waals surface area contributed by atoms with Crippen molar-refractivity contribution in [2.24, 2.45) is 16.8 Å². The van der Waals surface area contributed by atoms with E-state index >= 15 is 0 Å². The van der Waals surface area contributed by atoms with Crippen LogP contribution in [0.2, 0.25) is 0 Å². The van der Waals surface area contributed by atoms with Crippen LogP contribution in [0.3, 0.4) is 0 Å². The van der Waals surface area contributed by atoms with Crippen molar-refractivity contribution in [3.8, 4) is 0 Å². The molecule has 1 heterocycles. The highest BCUT2D eigenvalue weighted by molar-refractivity contribution is 5.80. The van der Waals surface area contributed by atoms with Crippen LogP contribution < -0.4 is 10.6 Å². The van der Waals surface area contributed by atoms with Gasteiger partial charge in [-0.15, -0.1) is 0 Å². The summed E-state index contributed by atoms with van der Waals surface area (Å²) in [6, 6.07) is 0.636. The molecule has 1 saturated heterocycles. The standard InChI is InChI=1S/C15H30N4O/c1-12-10-14(12)18-15(16-2)17-11-13-4-6-19(7-5-13)8-9-20-3/h12-14H,4-11H2,1-3H3,(H2,16,17,18). The lowest BCUT2D eigenvalue weighted by Gasteiger charge is -2.32. The van der Waals surface area contributed by atoms with Crippen molar-refractivity contribution in [3.63, 3.8) is 0 Å². The molecule has 0 amide bonds. The normalized spacial score (nSPS) is 28.4. The van der Waals surface area contributed by atoms with Gasteiger partial charge in [-0.05, 0) is 44.2 Å². The smallest absolute Gasteiger partial charge is 0.191 e. The zero-order chi connectivity index (χ0) is 14.4. The molecule has 2 aliphatic rings. The van der Waals surface area contributed by atoms with Gasteiger partial charge in [0.15, 0.2) is 5.96 Å². The minimum Gasteiger partial charge on any atom is -0.383 e. The molecule has 2 N–H and O–H groups in total. The monoisotopic (exact) mass is 282 g/mol. The van der Waals surface area contributed by atoms with Crippen LogP contribution in [0, 0.1) is 11.8 Å². The van der Waals surface area contributed by atoms with Gasteiger partial charge in [0.2, 0.25) is 0 Å². The summed E-state index contributed by atoms with van der Waals surface area (Å²) in [6.45, 7) is 7.63. The average molecular weight is 282 g/mol. The molecule has 0 radical (unpaired) electrons. The molecular weight excluding hydrogens is 252 g/mol. The van der Waals surface area contributed by atoms with E-state index in [0.717, 1.165) is 37.5 Å². The van der Waals surface area contributed by atoms with E-state index in [1.54, 1.807) is 7.11 Å². The van der Waals surface area contributed by atoms with Crippen LogP contribution in [0.1, 0.15) is 26.2 Å². The number of hydrogen-bond acceptors (Lipinski definition) is 3. The maximum Gasteiger partial charge on any atom is 0.191 e. The molecule has 2 atom stereocenters. The van der Waals surface area contributed by atoms with Gasteiger partial charge in [-0.25, -0.2) is 0 Å². The fourth-order valence-electron chi connectivity index (χ4n) is 2.77. The van der Waals surface area contributed by atoms with E-state index in [1.807, 2.05) is 7.05 Å². The molecule has 5 heteroatoms. The number of rotatable bonds is 6. The van der Waals surface area contributed by atoms with Crippen LogP contribution in [0.25, 0.3) is 0 Å². The van der Waals surface area contributed by atoms with Crippen LogP contribution in [0.4, 0.5) is 0 Å². The third-order valence-corrected chi connectivity index (χ3v) is 4.53. The first-order valence-electron chi connectivity index (χ1n) is 7.91. The van der Waals surface area contributed by atoms with E-state index in [0.29, 0.717) is 6.04 Å². The summed E-state index contributed by atoms with van der Waals surface area (Å²) in [7, 11) is 3.63. The third kappa shape index (κ3) is 4.94. The first kappa shape index (κ1) is 15.6. The molecule has 116 valence electrons. The molecule has 1 saturated carbocycles. The molecule has 0 aromatic carbocycles. The number of methoxy groups -OCH3 is 1. The quantitative estimate of drug-likeness (QED) is 0.562. The van der Waals surface area contributed by atoms with Gasteiger partial charge in [-0.2, -0.15) is 0 Å². The highest BCUT2D eigenvalue weighted by atomic mass is 16.5. The summed E-state index contributed by atoms with van der Waals surface area (Å²) >= 11 is 0. The van der Waals surface area contributed by atoms with E-state index in [4.69, 9.17) is 4.74 Å². The number of nitrogens with zero attached hydrogens (tertiary/aromatic N) is 2. The lowest BCUT2D eigenvalue weighted by Crippen LogP contribution is -2.44. The topological polar surface area (TPSA) is 48.9 Å². The minimum absolute atomic E-state index is 0.636. The number of hydrogen-bond donors (Lipinski definition) is 2. The summed E-state index contributed by atoms with van der Waals surface area (Å²) in [6.07, 6.45) is 3.82. The van der Waals surface area contributed by atoms with Crippen molar-refractivity contribution in [1.82, 2.24) is 15.5 Å². The molecule has 2 fully saturated rings. The van der Waals surface area contributed by atoms with Gasteiger partial charge < -0.3 is 20.3 Å². The van der Waals surface area contributed by atoms with Crippen molar-refractivity contribution in [2.75, 3.05) is 46.9 Å². The SMILES string of the molecule is CN=C(NCC1CCN(CCOC)CC1)NC1CC1C. The molecule has 5 nitrogen and oxygen atoms in total. The molecule has 0 aromatic rings. The Labute approximate surface area is 123 Å². The van der Waals surface area contributed by atoms with Crippen LogP contribution in [0.15, 0.2) is 4.99 Å². The van der Waals surface area contributed by atoms with Gasteiger partial charge in [-0.1, -0.05) is 6.92 Å². The maximum atomic E-state index is 5.14. The van der Waals surface area contributed by atoms with Gasteiger partial charge in [0, 0.05) is 33.3 Å². The zero-order valence-electron chi connectivity index (χ0n) is 13.2. The largest absolute Gasteiger partial charge is 0.383 e. The van der Waals surface area contributed by atoms with E-state index in [1.165, 1.54) is 32.4 Å². The number of aliphatic imine (C=N–C) groups is 1. The molecule has 2 rings (SSSR count). The van der Waals surface area contributed by atoms with Crippen LogP contribution in [-0.2, 0) is 4.74 Å². The Morgan fingerprint density at radius 1 is 1.35 bits per heavy atom. The predicted molar refractivity (Wildman–Crippen MR) is 83.1 cm³/mol. The number of ether oxygens (including phenoxy) is 1. The lowest BCUT2D eigenvalue weighted by atomic mass is 9.97. The summed E-state index contributed by atoms with van der Waals surface area (Å²) in [5, 5.41) is 6.96. The predicted octanol–water partition coefficient (Wildman–Crippen LogP) is 0.918. The van der Waals surface area contributed by atoms with E-state index in [-0.39, 0.29) is 0 Å². The zero-order valence-corrected chi connectivity index (χ0v) is 13.2. The molecule has 1 aliphatic heterocycles. The highest BCUT2D eigenvalue weighted by Crippen LogP contribution is 2.28. The Balaban J connectivity index is 1.60. The molecule has 0 bridgehead atoms. The Bertz CT molecular complexity index is 313. The van der Waals surface area contributed by atoms with E-state index < -0.39 is 0 Å². The summed E-state index contributed by atoms with van der Waals surface area (Å²) in [4.78, 5) is 6.81. The van der Waals surface area contributed by atoms with Gasteiger partial charge in [-0.3, -0.25) is 4.99 Å². The number of nitrogens with one attached hydrogen (secondary N) is 2. The fourth-order valence-corrected chi connectivity index (χ4v) is 2.77. The Kier molecular flexibility index (Phi) is 6.10. The lowest BCUT2D eigenvalue weighted by molar-refractivity contribution is 0.121. The van der Waals surface area contributed by atoms with Crippen LogP contribution >= 0.6 is 0 Å². The van der Waals surface area contributed by atoms with Crippen molar-refractivity contribution < 1.29 is 4.74 Å². The maximum absolute atomic E-state index is 5.14. The second-order valence-electron chi connectivity index (χ2n) is 6.19. The van der Waals surface area contributed by atoms with Crippen molar-refractivity contribution >= 4 is 5.96 Å². The molecule has 2 unspecified atom stereocenters. The fraction of sp³-hybridized carbons (Fsp3) is 0.933. The highest BCUT2D eigenvalue weighted by Gasteiger charge is 2.33. The van der Waals surface area contributed by atoms with Crippen molar-refractivity contribution in [2.45, 2.75) is 32.2 Å². The Hall–Kier alpha value is -0.810. The van der Waals surface area contributed by atoms with Crippen molar-refractivity contribution in [1.29, 1.82) is 0 Å². The number of piperidine rings is 1. The second kappa shape index (κ2) is 7.84. The number of guanidine groups is 1. The van der Waals surface area contributed by atoms with Gasteiger partial charge in [0.25, 0.3) is 0 Å². The molecule has 20 heavy (non-hydrogen) atoms. The summed E-state index contributed by atoms with van der Waals surface area (Å²) in [5.41, 5.74) is 0. The molecular formula is C15H30N4O. The molecule has 1 aliphatic carbocycles. The van der Waals surface area contributed by atoms with Gasteiger partial charge in [0.05, 0.1) is 6.61 Å². The Morgan fingerprint density at radius 3 is 2.60 bits per heavy atom. The van der Waals surface area contributed by atoms with E-state index in [9.17, 15) is 0 Å². The number of likely N-dealkylation sites (tertiary alicyclic amines) is 1. The first-order chi connectivity index (χ1) is 9.72. The summed E-state index contributed by atoms with van der Waals surface area (Å²) in [5.74, 6) is 2.54. The second-order valence-corrected chi connectivity index (χ2v) is 6.19. The Morgan fingerprint density at radius 2 is 2.05 bits per heavy atom. The van der Waals surface area contributed by atoms with Crippen molar-refractivity contribution in [3.05, 3.63) is 0 Å². The van der Waals surface area contributed by atoms with Crippen LogP contribution in [0.5, 0.6) is 0 Å². The van der Waals surface area contributed by atoms with Crippen LogP contribution in [-0.4, -0.2) is 63.8 Å². The first-order valence-corrected chi connectivity index (χ1v) is 7.91. The summed E-state index contributed by atoms with van der Waals surface area (Å²) < 4.78 is 5.14. The van der Waals surface area contributed by atoms with Gasteiger partial charge in [0.1, 0.15) is 0 Å². The molecule has 0 aromatic heterocycles. The third-order valence-electron chi connectivity index (χ3n) is 4.53.